The Balaban J connectivity index is 4.23. The van der Waals surface area contributed by atoms with Crippen molar-refractivity contribution in [1.82, 2.24) is 0 Å². The number of hydrogen-bond acceptors (Lipinski definition) is 6. The Labute approximate surface area is 498 Å². The average molecular weight is 1120 g/mol. The molecule has 0 aromatic carbocycles. The van der Waals surface area contributed by atoms with E-state index in [0.717, 1.165) is 83.5 Å². The second kappa shape index (κ2) is 68.9. The van der Waals surface area contributed by atoms with Gasteiger partial charge in [-0.25, -0.2) is 0 Å². The molecule has 0 N–H and O–H groups in total. The van der Waals surface area contributed by atoms with Gasteiger partial charge >= 0.3 is 17.9 Å². The predicted octanol–water partition coefficient (Wildman–Crippen LogP) is 24.5. The van der Waals surface area contributed by atoms with Crippen molar-refractivity contribution < 1.29 is 28.6 Å². The fraction of sp³-hybridized carbons (Fsp3) is 0.851. The highest BCUT2D eigenvalue weighted by Gasteiger charge is 2.19. The first-order valence-electron chi connectivity index (χ1n) is 35.6. The van der Waals surface area contributed by atoms with Crippen LogP contribution in [0.2, 0.25) is 0 Å². The number of hydrogen-bond donors (Lipinski definition) is 0. The SMILES string of the molecule is CCCCCC/C=C\CCCCCCCC(=O)OCC(COC(=O)CCCCCCCCCCCCCCCCCCCCCCCCCCCCCC)OC(=O)CCCCCCCC/C=C\C/C=C\C/C=C\CCCCCCC. The number of ether oxygens (including phenoxy) is 3. The summed E-state index contributed by atoms with van der Waals surface area (Å²) in [6.07, 6.45) is 87.2. The highest BCUT2D eigenvalue weighted by Crippen LogP contribution is 2.18. The maximum Gasteiger partial charge on any atom is 0.306 e. The normalized spacial score (nSPS) is 12.3. The fourth-order valence-corrected chi connectivity index (χ4v) is 10.7. The van der Waals surface area contributed by atoms with Crippen molar-refractivity contribution in [3.8, 4) is 0 Å². The lowest BCUT2D eigenvalue weighted by atomic mass is 10.0. The summed E-state index contributed by atoms with van der Waals surface area (Å²) in [6, 6.07) is 0. The van der Waals surface area contributed by atoms with Gasteiger partial charge in [0.2, 0.25) is 0 Å². The zero-order valence-corrected chi connectivity index (χ0v) is 53.9. The summed E-state index contributed by atoms with van der Waals surface area (Å²) in [6.45, 7) is 6.66. The second-order valence-electron chi connectivity index (χ2n) is 24.1. The van der Waals surface area contributed by atoms with Gasteiger partial charge < -0.3 is 14.2 Å². The van der Waals surface area contributed by atoms with Crippen molar-refractivity contribution >= 4 is 17.9 Å². The Bertz CT molecular complexity index is 1380. The van der Waals surface area contributed by atoms with Gasteiger partial charge in [-0.15, -0.1) is 0 Å². The minimum absolute atomic E-state index is 0.0774. The molecule has 1 atom stereocenters. The molecule has 80 heavy (non-hydrogen) atoms. The van der Waals surface area contributed by atoms with Crippen LogP contribution >= 0.6 is 0 Å². The minimum atomic E-state index is -0.783. The topological polar surface area (TPSA) is 78.9 Å². The van der Waals surface area contributed by atoms with Gasteiger partial charge in [-0.2, -0.15) is 0 Å². The van der Waals surface area contributed by atoms with Gasteiger partial charge in [-0.3, -0.25) is 14.4 Å². The average Bonchev–Trinajstić information content (AvgIpc) is 3.46. The van der Waals surface area contributed by atoms with Crippen molar-refractivity contribution in [2.24, 2.45) is 0 Å². The molecule has 468 valence electrons. The second-order valence-corrected chi connectivity index (χ2v) is 24.1. The molecule has 0 bridgehead atoms. The largest absolute Gasteiger partial charge is 0.462 e. The molecule has 0 aliphatic rings. The minimum Gasteiger partial charge on any atom is -0.462 e. The fourth-order valence-electron chi connectivity index (χ4n) is 10.7. The van der Waals surface area contributed by atoms with Gasteiger partial charge in [0.25, 0.3) is 0 Å². The third-order valence-corrected chi connectivity index (χ3v) is 16.1. The summed E-state index contributed by atoms with van der Waals surface area (Å²) in [5.41, 5.74) is 0. The summed E-state index contributed by atoms with van der Waals surface area (Å²) in [7, 11) is 0. The summed E-state index contributed by atoms with van der Waals surface area (Å²) >= 11 is 0. The summed E-state index contributed by atoms with van der Waals surface area (Å²) in [5, 5.41) is 0. The van der Waals surface area contributed by atoms with Crippen molar-refractivity contribution in [3.63, 3.8) is 0 Å². The van der Waals surface area contributed by atoms with E-state index in [2.05, 4.69) is 69.4 Å². The van der Waals surface area contributed by atoms with Gasteiger partial charge in [0.1, 0.15) is 13.2 Å². The third-order valence-electron chi connectivity index (χ3n) is 16.1. The van der Waals surface area contributed by atoms with Crippen LogP contribution in [0, 0.1) is 0 Å². The van der Waals surface area contributed by atoms with Gasteiger partial charge in [0.15, 0.2) is 6.10 Å². The van der Waals surface area contributed by atoms with Crippen molar-refractivity contribution in [2.75, 3.05) is 13.2 Å². The van der Waals surface area contributed by atoms with E-state index in [-0.39, 0.29) is 31.1 Å². The molecule has 0 aliphatic carbocycles. The first-order chi connectivity index (χ1) is 39.5. The van der Waals surface area contributed by atoms with E-state index in [4.69, 9.17) is 14.2 Å². The molecule has 0 radical (unpaired) electrons. The highest BCUT2D eigenvalue weighted by molar-refractivity contribution is 5.71. The molecule has 0 saturated heterocycles. The number of rotatable bonds is 66. The van der Waals surface area contributed by atoms with E-state index >= 15 is 0 Å². The third kappa shape index (κ3) is 66.2. The van der Waals surface area contributed by atoms with E-state index in [0.29, 0.717) is 19.3 Å². The Hall–Kier alpha value is -2.63. The number of allylic oxidation sites excluding steroid dienone is 8. The Morgan fingerprint density at radius 2 is 0.450 bits per heavy atom. The molecule has 0 aromatic rings. The van der Waals surface area contributed by atoms with E-state index < -0.39 is 6.10 Å². The monoisotopic (exact) mass is 1120 g/mol. The molecular weight excluding hydrogens is 985 g/mol. The maximum atomic E-state index is 12.9. The zero-order valence-electron chi connectivity index (χ0n) is 53.9. The van der Waals surface area contributed by atoms with Crippen LogP contribution in [-0.2, 0) is 28.6 Å². The molecule has 1 unspecified atom stereocenters. The Morgan fingerprint density at radius 3 is 0.725 bits per heavy atom. The molecule has 6 heteroatoms. The maximum absolute atomic E-state index is 12.9. The molecule has 0 fully saturated rings. The van der Waals surface area contributed by atoms with Crippen LogP contribution in [0.5, 0.6) is 0 Å². The molecule has 0 saturated carbocycles. The van der Waals surface area contributed by atoms with Crippen LogP contribution in [0.1, 0.15) is 387 Å². The molecule has 0 aromatic heterocycles. The smallest absolute Gasteiger partial charge is 0.306 e. The molecule has 0 rings (SSSR count). The first kappa shape index (κ1) is 77.4. The lowest BCUT2D eigenvalue weighted by Gasteiger charge is -2.18. The molecule has 6 nitrogen and oxygen atoms in total. The lowest BCUT2D eigenvalue weighted by molar-refractivity contribution is -0.167. The van der Waals surface area contributed by atoms with Crippen LogP contribution in [0.25, 0.3) is 0 Å². The zero-order chi connectivity index (χ0) is 57.8. The standard InChI is InChI=1S/C74H136O6/c1-4-7-10-13-16-19-22-25-27-29-31-33-34-35-36-37-38-39-41-42-44-46-49-52-55-58-61-64-67-73(76)79-70-71(69-78-72(75)66-63-60-57-54-51-48-24-21-18-15-12-9-6-3)80-74(77)68-65-62-59-56-53-50-47-45-43-40-32-30-28-26-23-20-17-14-11-8-5-2/h21,23-24,26,30,32,43,45,71H,4-20,22,25,27-29,31,33-42,44,46-70H2,1-3H3/b24-21-,26-23-,32-30-,45-43-. The van der Waals surface area contributed by atoms with Gasteiger partial charge in [-0.05, 0) is 83.5 Å². The van der Waals surface area contributed by atoms with Crippen molar-refractivity contribution in [1.29, 1.82) is 0 Å². The molecule has 0 spiro atoms. The Kier molecular flexibility index (Phi) is 66.6. The van der Waals surface area contributed by atoms with E-state index in [1.807, 2.05) is 0 Å². The number of carbonyl (C=O) groups excluding carboxylic acids is 3. The van der Waals surface area contributed by atoms with E-state index in [1.54, 1.807) is 0 Å². The van der Waals surface area contributed by atoms with Crippen LogP contribution in [-0.4, -0.2) is 37.2 Å². The van der Waals surface area contributed by atoms with Crippen LogP contribution in [0.4, 0.5) is 0 Å². The van der Waals surface area contributed by atoms with Crippen LogP contribution in [0.3, 0.4) is 0 Å². The lowest BCUT2D eigenvalue weighted by Crippen LogP contribution is -2.30. The molecular formula is C74H136O6. The predicted molar refractivity (Wildman–Crippen MR) is 349 cm³/mol. The summed E-state index contributed by atoms with van der Waals surface area (Å²) < 4.78 is 17.0. The Morgan fingerprint density at radius 1 is 0.250 bits per heavy atom. The number of esters is 3. The van der Waals surface area contributed by atoms with Crippen molar-refractivity contribution in [3.05, 3.63) is 48.6 Å². The number of unbranched alkanes of at least 4 members (excludes halogenated alkanes) is 47. The summed E-state index contributed by atoms with van der Waals surface area (Å²) in [4.78, 5) is 38.4. The van der Waals surface area contributed by atoms with E-state index in [1.165, 1.54) is 263 Å². The van der Waals surface area contributed by atoms with Crippen molar-refractivity contribution in [2.45, 2.75) is 393 Å². The first-order valence-corrected chi connectivity index (χ1v) is 35.6. The van der Waals surface area contributed by atoms with Crippen LogP contribution in [0.15, 0.2) is 48.6 Å². The van der Waals surface area contributed by atoms with Gasteiger partial charge in [-0.1, -0.05) is 333 Å². The van der Waals surface area contributed by atoms with E-state index in [9.17, 15) is 14.4 Å². The molecule has 0 heterocycles. The number of carbonyl (C=O) groups is 3. The quantitative estimate of drug-likeness (QED) is 0.0261. The molecule has 0 amide bonds. The van der Waals surface area contributed by atoms with Crippen LogP contribution < -0.4 is 0 Å². The summed E-state index contributed by atoms with van der Waals surface area (Å²) in [5.74, 6) is -0.875. The van der Waals surface area contributed by atoms with Gasteiger partial charge in [0, 0.05) is 19.3 Å². The highest BCUT2D eigenvalue weighted by atomic mass is 16.6. The molecule has 0 aliphatic heterocycles. The van der Waals surface area contributed by atoms with Gasteiger partial charge in [0.05, 0.1) is 0 Å².